The van der Waals surface area contributed by atoms with Gasteiger partial charge in [-0.05, 0) is 24.8 Å². The standard InChI is InChI=1S/C15H23NO/c1-14(2,3)11-8-6-7-10-12(16)9-15(4,5)17-13(10)11/h6-8,12H,9,16H2,1-5H3. The van der Waals surface area contributed by atoms with Gasteiger partial charge in [-0.1, -0.05) is 39.0 Å². The molecule has 2 nitrogen and oxygen atoms in total. The van der Waals surface area contributed by atoms with E-state index >= 15 is 0 Å². The molecule has 1 heterocycles. The van der Waals surface area contributed by atoms with Crippen molar-refractivity contribution in [3.8, 4) is 5.75 Å². The first kappa shape index (κ1) is 12.4. The molecule has 0 saturated heterocycles. The molecular weight excluding hydrogens is 210 g/mol. The van der Waals surface area contributed by atoms with E-state index in [0.29, 0.717) is 0 Å². The zero-order valence-electron chi connectivity index (χ0n) is 11.5. The van der Waals surface area contributed by atoms with Crippen LogP contribution in [0.25, 0.3) is 0 Å². The molecule has 2 heteroatoms. The summed E-state index contributed by atoms with van der Waals surface area (Å²) in [4.78, 5) is 0. The fourth-order valence-corrected chi connectivity index (χ4v) is 2.51. The Balaban J connectivity index is 2.58. The Morgan fingerprint density at radius 1 is 1.29 bits per heavy atom. The molecule has 0 aromatic heterocycles. The second-order valence-electron chi connectivity index (χ2n) is 6.65. The van der Waals surface area contributed by atoms with E-state index in [1.807, 2.05) is 0 Å². The molecular formula is C15H23NO. The maximum absolute atomic E-state index is 6.25. The summed E-state index contributed by atoms with van der Waals surface area (Å²) >= 11 is 0. The first-order chi connectivity index (χ1) is 7.71. The number of benzene rings is 1. The summed E-state index contributed by atoms with van der Waals surface area (Å²) in [5, 5.41) is 0. The fraction of sp³-hybridized carbons (Fsp3) is 0.600. The summed E-state index contributed by atoms with van der Waals surface area (Å²) in [6, 6.07) is 6.40. The predicted octanol–water partition coefficient (Wildman–Crippen LogP) is 3.55. The van der Waals surface area contributed by atoms with Crippen LogP contribution < -0.4 is 10.5 Å². The third-order valence-corrected chi connectivity index (χ3v) is 3.34. The Morgan fingerprint density at radius 2 is 1.94 bits per heavy atom. The van der Waals surface area contributed by atoms with Crippen molar-refractivity contribution < 1.29 is 4.74 Å². The monoisotopic (exact) mass is 233 g/mol. The van der Waals surface area contributed by atoms with E-state index in [9.17, 15) is 0 Å². The van der Waals surface area contributed by atoms with Gasteiger partial charge in [0.2, 0.25) is 0 Å². The fourth-order valence-electron chi connectivity index (χ4n) is 2.51. The van der Waals surface area contributed by atoms with E-state index in [2.05, 4.69) is 52.8 Å². The van der Waals surface area contributed by atoms with Gasteiger partial charge >= 0.3 is 0 Å². The van der Waals surface area contributed by atoms with Crippen LogP contribution in [0.1, 0.15) is 58.2 Å². The maximum Gasteiger partial charge on any atom is 0.128 e. The van der Waals surface area contributed by atoms with Crippen LogP contribution in [0.15, 0.2) is 18.2 Å². The van der Waals surface area contributed by atoms with Crippen molar-refractivity contribution in [2.24, 2.45) is 5.73 Å². The molecule has 1 aliphatic heterocycles. The van der Waals surface area contributed by atoms with Gasteiger partial charge in [0.1, 0.15) is 11.4 Å². The average Bonchev–Trinajstić information content (AvgIpc) is 2.13. The normalized spacial score (nSPS) is 22.8. The molecule has 0 amide bonds. The lowest BCUT2D eigenvalue weighted by atomic mass is 9.81. The summed E-state index contributed by atoms with van der Waals surface area (Å²) in [5.74, 6) is 1.00. The minimum absolute atomic E-state index is 0.0797. The molecule has 0 radical (unpaired) electrons. The lowest BCUT2D eigenvalue weighted by molar-refractivity contribution is 0.0703. The van der Waals surface area contributed by atoms with E-state index in [0.717, 1.165) is 17.7 Å². The molecule has 1 aliphatic rings. The number of hydrogen-bond donors (Lipinski definition) is 1. The van der Waals surface area contributed by atoms with E-state index < -0.39 is 0 Å². The second kappa shape index (κ2) is 3.74. The largest absolute Gasteiger partial charge is 0.487 e. The molecule has 0 fully saturated rings. The molecule has 2 rings (SSSR count). The molecule has 1 aromatic carbocycles. The van der Waals surface area contributed by atoms with E-state index in [-0.39, 0.29) is 17.1 Å². The van der Waals surface area contributed by atoms with Crippen molar-refractivity contribution in [1.82, 2.24) is 0 Å². The van der Waals surface area contributed by atoms with Crippen LogP contribution in [0.2, 0.25) is 0 Å². The molecule has 0 saturated carbocycles. The summed E-state index contributed by atoms with van der Waals surface area (Å²) in [5.41, 5.74) is 8.56. The Morgan fingerprint density at radius 3 is 2.53 bits per heavy atom. The Labute approximate surface area is 104 Å². The van der Waals surface area contributed by atoms with Crippen LogP contribution in [0.5, 0.6) is 5.75 Å². The number of ether oxygens (including phenoxy) is 1. The molecule has 1 unspecified atom stereocenters. The predicted molar refractivity (Wildman–Crippen MR) is 71.4 cm³/mol. The van der Waals surface area contributed by atoms with Crippen LogP contribution in [0, 0.1) is 0 Å². The second-order valence-corrected chi connectivity index (χ2v) is 6.65. The Kier molecular flexibility index (Phi) is 2.74. The number of fused-ring (bicyclic) bond motifs is 1. The van der Waals surface area contributed by atoms with Crippen LogP contribution >= 0.6 is 0 Å². The summed E-state index contributed by atoms with van der Waals surface area (Å²) in [6.07, 6.45) is 0.869. The number of hydrogen-bond acceptors (Lipinski definition) is 2. The Bertz CT molecular complexity index is 429. The van der Waals surface area contributed by atoms with Crippen molar-refractivity contribution in [1.29, 1.82) is 0 Å². The first-order valence-electron chi connectivity index (χ1n) is 6.29. The zero-order valence-corrected chi connectivity index (χ0v) is 11.5. The summed E-state index contributed by atoms with van der Waals surface area (Å²) < 4.78 is 6.17. The highest BCUT2D eigenvalue weighted by molar-refractivity contribution is 5.48. The molecule has 17 heavy (non-hydrogen) atoms. The van der Waals surface area contributed by atoms with Gasteiger partial charge in [0, 0.05) is 18.0 Å². The molecule has 94 valence electrons. The number of rotatable bonds is 0. The molecule has 0 bridgehead atoms. The minimum Gasteiger partial charge on any atom is -0.487 e. The molecule has 0 spiro atoms. The quantitative estimate of drug-likeness (QED) is 0.744. The van der Waals surface area contributed by atoms with Crippen molar-refractivity contribution >= 4 is 0 Å². The number of para-hydroxylation sites is 1. The van der Waals surface area contributed by atoms with Gasteiger partial charge in [0.25, 0.3) is 0 Å². The smallest absolute Gasteiger partial charge is 0.128 e. The third-order valence-electron chi connectivity index (χ3n) is 3.34. The van der Waals surface area contributed by atoms with Crippen LogP contribution in [-0.2, 0) is 5.41 Å². The van der Waals surface area contributed by atoms with Crippen molar-refractivity contribution in [3.05, 3.63) is 29.3 Å². The third kappa shape index (κ3) is 2.32. The van der Waals surface area contributed by atoms with Gasteiger partial charge in [0.05, 0.1) is 0 Å². The van der Waals surface area contributed by atoms with Crippen molar-refractivity contribution in [3.63, 3.8) is 0 Å². The van der Waals surface area contributed by atoms with Crippen LogP contribution in [-0.4, -0.2) is 5.60 Å². The lowest BCUT2D eigenvalue weighted by Gasteiger charge is -2.39. The zero-order chi connectivity index (χ0) is 12.8. The van der Waals surface area contributed by atoms with E-state index in [1.165, 1.54) is 5.56 Å². The molecule has 1 atom stereocenters. The average molecular weight is 233 g/mol. The number of nitrogens with two attached hydrogens (primary N) is 1. The molecule has 2 N–H and O–H groups in total. The van der Waals surface area contributed by atoms with Crippen molar-refractivity contribution in [2.75, 3.05) is 0 Å². The summed E-state index contributed by atoms with van der Waals surface area (Å²) in [6.45, 7) is 10.8. The molecule has 1 aromatic rings. The highest BCUT2D eigenvalue weighted by Crippen LogP contribution is 2.43. The van der Waals surface area contributed by atoms with Crippen LogP contribution in [0.3, 0.4) is 0 Å². The summed E-state index contributed by atoms with van der Waals surface area (Å²) in [7, 11) is 0. The van der Waals surface area contributed by atoms with E-state index in [1.54, 1.807) is 0 Å². The highest BCUT2D eigenvalue weighted by atomic mass is 16.5. The first-order valence-corrected chi connectivity index (χ1v) is 6.29. The van der Waals surface area contributed by atoms with Crippen LogP contribution in [0.4, 0.5) is 0 Å². The van der Waals surface area contributed by atoms with Crippen molar-refractivity contribution in [2.45, 2.75) is 58.1 Å². The lowest BCUT2D eigenvalue weighted by Crippen LogP contribution is -2.38. The van der Waals surface area contributed by atoms with Gasteiger partial charge < -0.3 is 10.5 Å². The van der Waals surface area contributed by atoms with Gasteiger partial charge in [-0.25, -0.2) is 0 Å². The van der Waals surface area contributed by atoms with E-state index in [4.69, 9.17) is 10.5 Å². The van der Waals surface area contributed by atoms with Gasteiger partial charge in [-0.3, -0.25) is 0 Å². The van der Waals surface area contributed by atoms with Gasteiger partial charge in [0.15, 0.2) is 0 Å². The Hall–Kier alpha value is -1.02. The SMILES string of the molecule is CC1(C)CC(N)c2cccc(C(C)(C)C)c2O1. The minimum atomic E-state index is -0.173. The topological polar surface area (TPSA) is 35.2 Å². The highest BCUT2D eigenvalue weighted by Gasteiger charge is 2.34. The maximum atomic E-state index is 6.25. The molecule has 0 aliphatic carbocycles. The van der Waals surface area contributed by atoms with Gasteiger partial charge in [-0.15, -0.1) is 0 Å². The van der Waals surface area contributed by atoms with Gasteiger partial charge in [-0.2, -0.15) is 0 Å².